The summed E-state index contributed by atoms with van der Waals surface area (Å²) in [5.74, 6) is -0.670. The monoisotopic (exact) mass is 240 g/mol. The lowest BCUT2D eigenvalue weighted by atomic mass is 10.0. The van der Waals surface area contributed by atoms with Crippen LogP contribution in [0.2, 0.25) is 0 Å². The minimum atomic E-state index is -1.10. The van der Waals surface area contributed by atoms with Crippen LogP contribution in [0.4, 0.5) is 0 Å². The molecule has 0 unspecified atom stereocenters. The van der Waals surface area contributed by atoms with Crippen molar-refractivity contribution in [2.45, 2.75) is 0 Å². The molecule has 88 valence electrons. The highest BCUT2D eigenvalue weighted by molar-refractivity contribution is 5.96. The Kier molecular flexibility index (Phi) is 2.30. The summed E-state index contributed by atoms with van der Waals surface area (Å²) in [5, 5.41) is 14.2. The van der Waals surface area contributed by atoms with Gasteiger partial charge in [-0.2, -0.15) is 0 Å². The average Bonchev–Trinajstić information content (AvgIpc) is 2.87. The molecule has 0 saturated heterocycles. The van der Waals surface area contributed by atoms with Crippen molar-refractivity contribution >= 4 is 16.7 Å². The van der Waals surface area contributed by atoms with Gasteiger partial charge >= 0.3 is 5.97 Å². The first-order valence-electron chi connectivity index (χ1n) is 5.29. The Morgan fingerprint density at radius 1 is 1.28 bits per heavy atom. The van der Waals surface area contributed by atoms with E-state index in [1.165, 1.54) is 6.07 Å². The molecule has 0 aliphatic heterocycles. The fourth-order valence-electron chi connectivity index (χ4n) is 1.84. The molecule has 3 rings (SSSR count). The van der Waals surface area contributed by atoms with E-state index in [9.17, 15) is 4.79 Å². The zero-order valence-electron chi connectivity index (χ0n) is 9.20. The Balaban J connectivity index is 2.21. The van der Waals surface area contributed by atoms with Gasteiger partial charge < -0.3 is 9.63 Å². The Morgan fingerprint density at radius 3 is 2.94 bits per heavy atom. The molecule has 1 aromatic carbocycles. The van der Waals surface area contributed by atoms with Crippen LogP contribution in [0.15, 0.2) is 47.2 Å². The molecule has 5 nitrogen and oxygen atoms in total. The molecule has 2 aromatic heterocycles. The fraction of sp³-hybridized carbons (Fsp3) is 0. The maximum Gasteiger partial charge on any atom is 0.358 e. The molecule has 3 aromatic rings. The van der Waals surface area contributed by atoms with Crippen LogP contribution in [0.5, 0.6) is 0 Å². The SMILES string of the molecule is O=C(O)c1cc(-c2cccc3cnccc23)on1. The molecule has 18 heavy (non-hydrogen) atoms. The van der Waals surface area contributed by atoms with E-state index >= 15 is 0 Å². The molecule has 0 bridgehead atoms. The predicted molar refractivity (Wildman–Crippen MR) is 64.2 cm³/mol. The molecule has 0 saturated carbocycles. The number of benzene rings is 1. The number of carboxylic acid groups (broad SMARTS) is 1. The van der Waals surface area contributed by atoms with Gasteiger partial charge in [-0.05, 0) is 11.5 Å². The van der Waals surface area contributed by atoms with E-state index in [1.54, 1.807) is 12.4 Å². The van der Waals surface area contributed by atoms with Crippen LogP contribution >= 0.6 is 0 Å². The van der Waals surface area contributed by atoms with Gasteiger partial charge in [0.05, 0.1) is 0 Å². The van der Waals surface area contributed by atoms with Gasteiger partial charge in [-0.15, -0.1) is 0 Å². The first-order valence-corrected chi connectivity index (χ1v) is 5.29. The summed E-state index contributed by atoms with van der Waals surface area (Å²) in [4.78, 5) is 14.8. The molecule has 0 spiro atoms. The van der Waals surface area contributed by atoms with Crippen molar-refractivity contribution in [2.24, 2.45) is 0 Å². The van der Waals surface area contributed by atoms with Crippen LogP contribution in [-0.4, -0.2) is 21.2 Å². The molecule has 0 aliphatic rings. The molecule has 5 heteroatoms. The van der Waals surface area contributed by atoms with Gasteiger partial charge in [0.1, 0.15) is 0 Å². The van der Waals surface area contributed by atoms with Crippen molar-refractivity contribution in [1.82, 2.24) is 10.1 Å². The van der Waals surface area contributed by atoms with Crippen molar-refractivity contribution < 1.29 is 14.4 Å². The Morgan fingerprint density at radius 2 is 2.17 bits per heavy atom. The molecular weight excluding hydrogens is 232 g/mol. The van der Waals surface area contributed by atoms with Crippen molar-refractivity contribution in [3.63, 3.8) is 0 Å². The van der Waals surface area contributed by atoms with Crippen LogP contribution in [0.3, 0.4) is 0 Å². The third-order valence-corrected chi connectivity index (χ3v) is 2.68. The molecule has 0 amide bonds. The predicted octanol–water partition coefficient (Wildman–Crippen LogP) is 2.59. The van der Waals surface area contributed by atoms with Crippen LogP contribution in [0.1, 0.15) is 10.5 Å². The number of rotatable bonds is 2. The number of pyridine rings is 1. The number of aromatic carboxylic acids is 1. The summed E-state index contributed by atoms with van der Waals surface area (Å²) < 4.78 is 5.07. The molecule has 0 fully saturated rings. The van der Waals surface area contributed by atoms with Gasteiger partial charge in [0.25, 0.3) is 0 Å². The topological polar surface area (TPSA) is 76.2 Å². The highest BCUT2D eigenvalue weighted by atomic mass is 16.5. The summed E-state index contributed by atoms with van der Waals surface area (Å²) >= 11 is 0. The Hall–Kier alpha value is -2.69. The molecule has 1 N–H and O–H groups in total. The van der Waals surface area contributed by atoms with E-state index in [1.807, 2.05) is 24.3 Å². The van der Waals surface area contributed by atoms with Gasteiger partial charge in [-0.3, -0.25) is 4.98 Å². The number of nitrogens with zero attached hydrogens (tertiary/aromatic N) is 2. The number of hydrogen-bond donors (Lipinski definition) is 1. The molecule has 0 atom stereocenters. The summed E-state index contributed by atoms with van der Waals surface area (Å²) in [6.45, 7) is 0. The van der Waals surface area contributed by atoms with E-state index in [-0.39, 0.29) is 5.69 Å². The maximum absolute atomic E-state index is 10.8. The summed E-state index contributed by atoms with van der Waals surface area (Å²) in [6.07, 6.45) is 3.42. The number of aromatic nitrogens is 2. The summed E-state index contributed by atoms with van der Waals surface area (Å²) in [6, 6.07) is 8.92. The minimum absolute atomic E-state index is 0.101. The van der Waals surface area contributed by atoms with Crippen molar-refractivity contribution in [2.75, 3.05) is 0 Å². The van der Waals surface area contributed by atoms with Gasteiger partial charge in [0, 0.05) is 29.4 Å². The fourth-order valence-corrected chi connectivity index (χ4v) is 1.84. The first-order chi connectivity index (χ1) is 8.75. The van der Waals surface area contributed by atoms with Crippen molar-refractivity contribution in [3.05, 3.63) is 48.4 Å². The van der Waals surface area contributed by atoms with Crippen LogP contribution in [-0.2, 0) is 0 Å². The number of carboxylic acids is 1. The van der Waals surface area contributed by atoms with E-state index in [0.717, 1.165) is 16.3 Å². The standard InChI is InChI=1S/C13H8N2O3/c16-13(17)11-6-12(18-15-11)10-3-1-2-8-7-14-5-4-9(8)10/h1-7H,(H,16,17). The summed E-state index contributed by atoms with van der Waals surface area (Å²) in [7, 11) is 0. The van der Waals surface area contributed by atoms with Crippen LogP contribution in [0, 0.1) is 0 Å². The Labute approximate surface area is 102 Å². The smallest absolute Gasteiger partial charge is 0.358 e. The van der Waals surface area contributed by atoms with Crippen molar-refractivity contribution in [1.29, 1.82) is 0 Å². The van der Waals surface area contributed by atoms with Gasteiger partial charge in [0.15, 0.2) is 11.5 Å². The largest absolute Gasteiger partial charge is 0.476 e. The quantitative estimate of drug-likeness (QED) is 0.745. The van der Waals surface area contributed by atoms with Gasteiger partial charge in [-0.25, -0.2) is 4.79 Å². The van der Waals surface area contributed by atoms with Gasteiger partial charge in [0.2, 0.25) is 0 Å². The second kappa shape index (κ2) is 3.96. The average molecular weight is 240 g/mol. The molecule has 0 aliphatic carbocycles. The van der Waals surface area contributed by atoms with Crippen molar-refractivity contribution in [3.8, 4) is 11.3 Å². The minimum Gasteiger partial charge on any atom is -0.476 e. The molecule has 2 heterocycles. The molecule has 0 radical (unpaired) electrons. The highest BCUT2D eigenvalue weighted by Crippen LogP contribution is 2.28. The normalized spacial score (nSPS) is 10.7. The number of carbonyl (C=O) groups is 1. The van der Waals surface area contributed by atoms with Crippen LogP contribution < -0.4 is 0 Å². The lowest BCUT2D eigenvalue weighted by Gasteiger charge is -2.01. The third-order valence-electron chi connectivity index (χ3n) is 2.68. The zero-order chi connectivity index (χ0) is 12.5. The second-order valence-electron chi connectivity index (χ2n) is 3.78. The third kappa shape index (κ3) is 1.62. The molecular formula is C13H8N2O3. The van der Waals surface area contributed by atoms with E-state index < -0.39 is 5.97 Å². The lowest BCUT2D eigenvalue weighted by Crippen LogP contribution is -1.94. The maximum atomic E-state index is 10.8. The highest BCUT2D eigenvalue weighted by Gasteiger charge is 2.13. The Bertz CT molecular complexity index is 728. The number of fused-ring (bicyclic) bond motifs is 1. The first kappa shape index (κ1) is 10.5. The van der Waals surface area contributed by atoms with E-state index in [0.29, 0.717) is 5.76 Å². The zero-order valence-corrected chi connectivity index (χ0v) is 9.20. The second-order valence-corrected chi connectivity index (χ2v) is 3.78. The van der Waals surface area contributed by atoms with Gasteiger partial charge in [-0.1, -0.05) is 23.4 Å². The van der Waals surface area contributed by atoms with E-state index in [2.05, 4.69) is 10.1 Å². The van der Waals surface area contributed by atoms with Crippen LogP contribution in [0.25, 0.3) is 22.1 Å². The number of hydrogen-bond acceptors (Lipinski definition) is 4. The summed E-state index contributed by atoms with van der Waals surface area (Å²) in [5.41, 5.74) is 0.700. The lowest BCUT2D eigenvalue weighted by molar-refractivity contribution is 0.0686. The van der Waals surface area contributed by atoms with E-state index in [4.69, 9.17) is 9.63 Å².